The first kappa shape index (κ1) is 12.1. The fourth-order valence-corrected chi connectivity index (χ4v) is 2.45. The van der Waals surface area contributed by atoms with Crippen LogP contribution >= 0.6 is 0 Å². The molecule has 0 saturated heterocycles. The van der Waals surface area contributed by atoms with Crippen LogP contribution in [0.2, 0.25) is 0 Å². The van der Waals surface area contributed by atoms with Gasteiger partial charge in [0.25, 0.3) is 5.91 Å². The molecule has 1 aromatic carbocycles. The highest BCUT2D eigenvalue weighted by atomic mass is 16.3. The standard InChI is InChI=1S/C14H19NO2/c16-11-14(9-5-2-6-10-14)15-13(17)12-7-3-1-4-8-12/h1,3-4,7-8,16H,2,5-6,9-11H2,(H,15,17). The maximum atomic E-state index is 12.1. The molecule has 1 aliphatic carbocycles. The van der Waals surface area contributed by atoms with Gasteiger partial charge in [0.05, 0.1) is 12.1 Å². The van der Waals surface area contributed by atoms with Crippen molar-refractivity contribution in [1.29, 1.82) is 0 Å². The third-order valence-electron chi connectivity index (χ3n) is 3.53. The van der Waals surface area contributed by atoms with E-state index in [1.165, 1.54) is 6.42 Å². The molecule has 3 heteroatoms. The predicted octanol–water partition coefficient (Wildman–Crippen LogP) is 2.11. The Morgan fingerprint density at radius 3 is 2.41 bits per heavy atom. The lowest BCUT2D eigenvalue weighted by molar-refractivity contribution is 0.0758. The number of carbonyl (C=O) groups excluding carboxylic acids is 1. The minimum Gasteiger partial charge on any atom is -0.394 e. The van der Waals surface area contributed by atoms with Crippen LogP contribution in [0.3, 0.4) is 0 Å². The van der Waals surface area contributed by atoms with E-state index in [4.69, 9.17) is 0 Å². The van der Waals surface area contributed by atoms with Gasteiger partial charge >= 0.3 is 0 Å². The van der Waals surface area contributed by atoms with Gasteiger partial charge in [-0.1, -0.05) is 37.5 Å². The van der Waals surface area contributed by atoms with Crippen molar-refractivity contribution in [3.63, 3.8) is 0 Å². The summed E-state index contributed by atoms with van der Waals surface area (Å²) in [7, 11) is 0. The van der Waals surface area contributed by atoms with Crippen molar-refractivity contribution in [1.82, 2.24) is 5.32 Å². The molecule has 0 atom stereocenters. The van der Waals surface area contributed by atoms with Gasteiger partial charge in [0.15, 0.2) is 0 Å². The smallest absolute Gasteiger partial charge is 0.251 e. The van der Waals surface area contributed by atoms with E-state index in [2.05, 4.69) is 5.32 Å². The van der Waals surface area contributed by atoms with E-state index in [0.717, 1.165) is 25.7 Å². The van der Waals surface area contributed by atoms with Crippen LogP contribution in [0.4, 0.5) is 0 Å². The monoisotopic (exact) mass is 233 g/mol. The molecule has 0 heterocycles. The zero-order valence-corrected chi connectivity index (χ0v) is 9.98. The van der Waals surface area contributed by atoms with E-state index in [-0.39, 0.29) is 12.5 Å². The number of benzene rings is 1. The lowest BCUT2D eigenvalue weighted by atomic mass is 9.82. The fraction of sp³-hybridized carbons (Fsp3) is 0.500. The first-order valence-electron chi connectivity index (χ1n) is 6.24. The molecule has 1 fully saturated rings. The van der Waals surface area contributed by atoms with E-state index in [9.17, 15) is 9.90 Å². The van der Waals surface area contributed by atoms with Crippen LogP contribution in [0.5, 0.6) is 0 Å². The molecule has 2 N–H and O–H groups in total. The Hall–Kier alpha value is -1.35. The molecule has 3 nitrogen and oxygen atoms in total. The summed E-state index contributed by atoms with van der Waals surface area (Å²) in [6.07, 6.45) is 5.11. The summed E-state index contributed by atoms with van der Waals surface area (Å²) in [4.78, 5) is 12.1. The SMILES string of the molecule is O=C(NC1(CO)CCCCC1)c1ccccc1. The van der Waals surface area contributed by atoms with Crippen molar-refractivity contribution in [3.8, 4) is 0 Å². The number of aliphatic hydroxyl groups excluding tert-OH is 1. The van der Waals surface area contributed by atoms with Crippen LogP contribution in [0.15, 0.2) is 30.3 Å². The van der Waals surface area contributed by atoms with E-state index in [1.807, 2.05) is 18.2 Å². The van der Waals surface area contributed by atoms with Gasteiger partial charge in [-0.2, -0.15) is 0 Å². The number of carbonyl (C=O) groups is 1. The van der Waals surface area contributed by atoms with Gasteiger partial charge in [0.1, 0.15) is 0 Å². The molecule has 2 rings (SSSR count). The maximum Gasteiger partial charge on any atom is 0.251 e. The second kappa shape index (κ2) is 5.32. The van der Waals surface area contributed by atoms with Crippen LogP contribution in [0.25, 0.3) is 0 Å². The number of hydrogen-bond donors (Lipinski definition) is 2. The van der Waals surface area contributed by atoms with Crippen LogP contribution in [-0.4, -0.2) is 23.2 Å². The first-order valence-corrected chi connectivity index (χ1v) is 6.24. The summed E-state index contributed by atoms with van der Waals surface area (Å²) in [5, 5.41) is 12.5. The topological polar surface area (TPSA) is 49.3 Å². The highest BCUT2D eigenvalue weighted by molar-refractivity contribution is 5.94. The highest BCUT2D eigenvalue weighted by Gasteiger charge is 2.32. The number of hydrogen-bond acceptors (Lipinski definition) is 2. The Labute approximate surface area is 102 Å². The second-order valence-corrected chi connectivity index (χ2v) is 4.82. The molecular weight excluding hydrogens is 214 g/mol. The molecule has 0 bridgehead atoms. The van der Waals surface area contributed by atoms with Crippen molar-refractivity contribution in [2.24, 2.45) is 0 Å². The van der Waals surface area contributed by atoms with Crippen molar-refractivity contribution >= 4 is 5.91 Å². The first-order chi connectivity index (χ1) is 8.26. The minimum absolute atomic E-state index is 0.0333. The summed E-state index contributed by atoms with van der Waals surface area (Å²) in [6.45, 7) is 0.0333. The van der Waals surface area contributed by atoms with E-state index in [0.29, 0.717) is 5.56 Å². The largest absolute Gasteiger partial charge is 0.394 e. The molecule has 1 saturated carbocycles. The number of nitrogens with one attached hydrogen (secondary N) is 1. The Morgan fingerprint density at radius 1 is 1.18 bits per heavy atom. The Balaban J connectivity index is 2.06. The number of aliphatic hydroxyl groups is 1. The Morgan fingerprint density at radius 2 is 1.82 bits per heavy atom. The van der Waals surface area contributed by atoms with Crippen LogP contribution in [0, 0.1) is 0 Å². The summed E-state index contributed by atoms with van der Waals surface area (Å²) >= 11 is 0. The lowest BCUT2D eigenvalue weighted by Gasteiger charge is -2.36. The summed E-state index contributed by atoms with van der Waals surface area (Å²) < 4.78 is 0. The lowest BCUT2D eigenvalue weighted by Crippen LogP contribution is -2.52. The minimum atomic E-state index is -0.398. The second-order valence-electron chi connectivity index (χ2n) is 4.82. The van der Waals surface area contributed by atoms with Gasteiger partial charge in [0.2, 0.25) is 0 Å². The fourth-order valence-electron chi connectivity index (χ4n) is 2.45. The number of rotatable bonds is 3. The molecule has 1 amide bonds. The number of amides is 1. The summed E-state index contributed by atoms with van der Waals surface area (Å²) in [6, 6.07) is 9.18. The van der Waals surface area contributed by atoms with Crippen LogP contribution < -0.4 is 5.32 Å². The maximum absolute atomic E-state index is 12.1. The van der Waals surface area contributed by atoms with Crippen molar-refractivity contribution < 1.29 is 9.90 Å². The summed E-state index contributed by atoms with van der Waals surface area (Å²) in [5.41, 5.74) is 0.261. The van der Waals surface area contributed by atoms with Gasteiger partial charge < -0.3 is 10.4 Å². The quantitative estimate of drug-likeness (QED) is 0.840. The molecule has 92 valence electrons. The van der Waals surface area contributed by atoms with Gasteiger partial charge in [-0.3, -0.25) is 4.79 Å². The Kier molecular flexibility index (Phi) is 3.79. The Bertz CT molecular complexity index is 369. The molecule has 0 unspecified atom stereocenters. The molecule has 0 radical (unpaired) electrons. The van der Waals surface area contributed by atoms with Crippen LogP contribution in [0.1, 0.15) is 42.5 Å². The molecule has 0 aliphatic heterocycles. The van der Waals surface area contributed by atoms with Gasteiger partial charge in [-0.05, 0) is 25.0 Å². The zero-order chi connectivity index (χ0) is 12.1. The normalized spacial score (nSPS) is 18.6. The molecule has 1 aliphatic rings. The van der Waals surface area contributed by atoms with E-state index < -0.39 is 5.54 Å². The van der Waals surface area contributed by atoms with Gasteiger partial charge in [-0.25, -0.2) is 0 Å². The molecule has 17 heavy (non-hydrogen) atoms. The molecular formula is C14H19NO2. The average molecular weight is 233 g/mol. The highest BCUT2D eigenvalue weighted by Crippen LogP contribution is 2.28. The zero-order valence-electron chi connectivity index (χ0n) is 9.98. The van der Waals surface area contributed by atoms with Crippen LogP contribution in [-0.2, 0) is 0 Å². The van der Waals surface area contributed by atoms with Crippen molar-refractivity contribution in [3.05, 3.63) is 35.9 Å². The van der Waals surface area contributed by atoms with Crippen molar-refractivity contribution in [2.75, 3.05) is 6.61 Å². The molecule has 0 aromatic heterocycles. The van der Waals surface area contributed by atoms with Gasteiger partial charge in [0, 0.05) is 5.56 Å². The third kappa shape index (κ3) is 2.86. The van der Waals surface area contributed by atoms with E-state index >= 15 is 0 Å². The summed E-state index contributed by atoms with van der Waals surface area (Å²) in [5.74, 6) is -0.0819. The molecule has 0 spiro atoms. The average Bonchev–Trinajstić information content (AvgIpc) is 2.41. The molecule has 1 aromatic rings. The van der Waals surface area contributed by atoms with Crippen molar-refractivity contribution in [2.45, 2.75) is 37.6 Å². The van der Waals surface area contributed by atoms with E-state index in [1.54, 1.807) is 12.1 Å². The predicted molar refractivity (Wildman–Crippen MR) is 66.8 cm³/mol. The van der Waals surface area contributed by atoms with Gasteiger partial charge in [-0.15, -0.1) is 0 Å². The third-order valence-corrected chi connectivity index (χ3v) is 3.53.